The third-order valence-electron chi connectivity index (χ3n) is 1.32. The van der Waals surface area contributed by atoms with Crippen LogP contribution in [0, 0.1) is 0 Å². The average molecular weight is 229 g/mol. The van der Waals surface area contributed by atoms with Crippen LogP contribution in [0.15, 0.2) is 28.7 Å². The highest BCUT2D eigenvalue weighted by atomic mass is 79.9. The molecule has 1 rings (SSSR count). The predicted octanol–water partition coefficient (Wildman–Crippen LogP) is 2.76. The Hall–Kier alpha value is -0.830. The Morgan fingerprint density at radius 2 is 2.33 bits per heavy atom. The Morgan fingerprint density at radius 1 is 1.58 bits per heavy atom. The van der Waals surface area contributed by atoms with E-state index < -0.39 is 0 Å². The molecule has 0 radical (unpaired) electrons. The predicted molar refractivity (Wildman–Crippen MR) is 50.1 cm³/mol. The lowest BCUT2D eigenvalue weighted by atomic mass is 10.3. The molecule has 64 valence electrons. The minimum atomic E-state index is -0.215. The maximum atomic E-state index is 10.9. The summed E-state index contributed by atoms with van der Waals surface area (Å²) in [5, 5.41) is 0. The van der Waals surface area contributed by atoms with Crippen molar-refractivity contribution in [3.05, 3.63) is 28.7 Å². The van der Waals surface area contributed by atoms with Crippen LogP contribution in [0.2, 0.25) is 0 Å². The fourth-order valence-electron chi connectivity index (χ4n) is 0.734. The summed E-state index contributed by atoms with van der Waals surface area (Å²) in [4.78, 5) is 10.9. The summed E-state index contributed by atoms with van der Waals surface area (Å²) in [7, 11) is 0. The van der Waals surface area contributed by atoms with Gasteiger partial charge in [-0.1, -0.05) is 28.9 Å². The summed E-state index contributed by atoms with van der Waals surface area (Å²) in [6.45, 7) is 1.76. The maximum Gasteiger partial charge on any atom is 0.310 e. The lowest BCUT2D eigenvalue weighted by Gasteiger charge is -2.01. The molecule has 0 aliphatic rings. The molecular weight excluding hydrogens is 220 g/mol. The van der Waals surface area contributed by atoms with E-state index in [1.165, 1.54) is 0 Å². The number of benzene rings is 1. The summed E-state index contributed by atoms with van der Waals surface area (Å²) < 4.78 is 5.88. The van der Waals surface area contributed by atoms with Crippen LogP contribution in [-0.2, 0) is 4.79 Å². The van der Waals surface area contributed by atoms with Crippen LogP contribution < -0.4 is 4.74 Å². The molecule has 0 spiro atoms. The zero-order chi connectivity index (χ0) is 8.97. The molecule has 1 aromatic rings. The van der Waals surface area contributed by atoms with Crippen molar-refractivity contribution in [1.29, 1.82) is 0 Å². The Labute approximate surface area is 79.7 Å². The standard InChI is InChI=1S/C9H9BrO2/c1-2-9(11)12-8-5-3-4-7(10)6-8/h3-6H,2H2,1H3. The van der Waals surface area contributed by atoms with Crippen LogP contribution in [0.25, 0.3) is 0 Å². The molecule has 0 heterocycles. The number of rotatable bonds is 2. The molecular formula is C9H9BrO2. The van der Waals surface area contributed by atoms with E-state index in [-0.39, 0.29) is 5.97 Å². The fraction of sp³-hybridized carbons (Fsp3) is 0.222. The van der Waals surface area contributed by atoms with Gasteiger partial charge in [-0.2, -0.15) is 0 Å². The highest BCUT2D eigenvalue weighted by Crippen LogP contribution is 2.17. The van der Waals surface area contributed by atoms with Gasteiger partial charge in [-0.15, -0.1) is 0 Å². The van der Waals surface area contributed by atoms with Crippen molar-refractivity contribution in [2.75, 3.05) is 0 Å². The molecule has 0 aliphatic carbocycles. The van der Waals surface area contributed by atoms with Crippen LogP contribution in [0.5, 0.6) is 5.75 Å². The lowest BCUT2D eigenvalue weighted by molar-refractivity contribution is -0.134. The Kier molecular flexibility index (Phi) is 3.29. The molecule has 2 nitrogen and oxygen atoms in total. The van der Waals surface area contributed by atoms with E-state index in [0.717, 1.165) is 4.47 Å². The Bertz CT molecular complexity index is 284. The molecule has 12 heavy (non-hydrogen) atoms. The first-order valence-electron chi connectivity index (χ1n) is 3.68. The molecule has 0 bridgehead atoms. The number of hydrogen-bond donors (Lipinski definition) is 0. The lowest BCUT2D eigenvalue weighted by Crippen LogP contribution is -2.05. The monoisotopic (exact) mass is 228 g/mol. The topological polar surface area (TPSA) is 26.3 Å². The van der Waals surface area contributed by atoms with E-state index in [1.807, 2.05) is 12.1 Å². The first-order chi connectivity index (χ1) is 5.72. The van der Waals surface area contributed by atoms with Crippen molar-refractivity contribution in [2.45, 2.75) is 13.3 Å². The molecule has 0 atom stereocenters. The number of esters is 1. The molecule has 0 fully saturated rings. The van der Waals surface area contributed by atoms with Crippen LogP contribution in [-0.4, -0.2) is 5.97 Å². The van der Waals surface area contributed by atoms with E-state index in [4.69, 9.17) is 4.74 Å². The van der Waals surface area contributed by atoms with E-state index in [9.17, 15) is 4.79 Å². The van der Waals surface area contributed by atoms with Crippen LogP contribution in [0.4, 0.5) is 0 Å². The van der Waals surface area contributed by atoms with Gasteiger partial charge in [0.1, 0.15) is 5.75 Å². The van der Waals surface area contributed by atoms with Gasteiger partial charge >= 0.3 is 5.97 Å². The Balaban J connectivity index is 2.69. The molecule has 3 heteroatoms. The van der Waals surface area contributed by atoms with Gasteiger partial charge in [-0.25, -0.2) is 0 Å². The normalized spacial score (nSPS) is 9.50. The summed E-state index contributed by atoms with van der Waals surface area (Å²) in [5.41, 5.74) is 0. The summed E-state index contributed by atoms with van der Waals surface area (Å²) >= 11 is 3.28. The van der Waals surface area contributed by atoms with Crippen LogP contribution >= 0.6 is 15.9 Å². The number of carbonyl (C=O) groups excluding carboxylic acids is 1. The summed E-state index contributed by atoms with van der Waals surface area (Å²) in [6, 6.07) is 7.21. The van der Waals surface area contributed by atoms with E-state index >= 15 is 0 Å². The van der Waals surface area contributed by atoms with Gasteiger partial charge in [0.2, 0.25) is 0 Å². The van der Waals surface area contributed by atoms with Gasteiger partial charge in [-0.3, -0.25) is 4.79 Å². The number of halogens is 1. The van der Waals surface area contributed by atoms with Crippen LogP contribution in [0.3, 0.4) is 0 Å². The van der Waals surface area contributed by atoms with Gasteiger partial charge in [-0.05, 0) is 18.2 Å². The van der Waals surface area contributed by atoms with Gasteiger partial charge < -0.3 is 4.74 Å². The minimum Gasteiger partial charge on any atom is -0.426 e. The summed E-state index contributed by atoms with van der Waals surface area (Å²) in [6.07, 6.45) is 0.395. The minimum absolute atomic E-state index is 0.215. The SMILES string of the molecule is CCC(=O)Oc1cccc(Br)c1. The second-order valence-corrected chi connectivity index (χ2v) is 3.20. The second-order valence-electron chi connectivity index (χ2n) is 2.28. The molecule has 0 unspecified atom stereocenters. The van der Waals surface area contributed by atoms with Crippen molar-refractivity contribution in [3.63, 3.8) is 0 Å². The Morgan fingerprint density at radius 3 is 2.92 bits per heavy atom. The van der Waals surface area contributed by atoms with E-state index in [0.29, 0.717) is 12.2 Å². The quantitative estimate of drug-likeness (QED) is 0.575. The molecule has 0 saturated carbocycles. The van der Waals surface area contributed by atoms with Crippen LogP contribution in [0.1, 0.15) is 13.3 Å². The zero-order valence-corrected chi connectivity index (χ0v) is 8.30. The smallest absolute Gasteiger partial charge is 0.310 e. The van der Waals surface area contributed by atoms with Crippen molar-refractivity contribution >= 4 is 21.9 Å². The third-order valence-corrected chi connectivity index (χ3v) is 1.81. The molecule has 0 saturated heterocycles. The molecule has 1 aromatic carbocycles. The fourth-order valence-corrected chi connectivity index (χ4v) is 1.11. The molecule has 0 aliphatic heterocycles. The first-order valence-corrected chi connectivity index (χ1v) is 4.48. The average Bonchev–Trinajstić information content (AvgIpc) is 2.04. The van der Waals surface area contributed by atoms with Gasteiger partial charge in [0.25, 0.3) is 0 Å². The largest absolute Gasteiger partial charge is 0.426 e. The number of hydrogen-bond acceptors (Lipinski definition) is 2. The van der Waals surface area contributed by atoms with Crippen molar-refractivity contribution in [2.24, 2.45) is 0 Å². The highest BCUT2D eigenvalue weighted by Gasteiger charge is 2.00. The summed E-state index contributed by atoms with van der Waals surface area (Å²) in [5.74, 6) is 0.365. The first kappa shape index (κ1) is 9.26. The van der Waals surface area contributed by atoms with Gasteiger partial charge in [0.05, 0.1) is 0 Å². The maximum absolute atomic E-state index is 10.9. The number of ether oxygens (including phenoxy) is 1. The second kappa shape index (κ2) is 4.26. The van der Waals surface area contributed by atoms with Gasteiger partial charge in [0, 0.05) is 10.9 Å². The molecule has 0 amide bonds. The van der Waals surface area contributed by atoms with Crippen molar-refractivity contribution in [1.82, 2.24) is 0 Å². The van der Waals surface area contributed by atoms with Gasteiger partial charge in [0.15, 0.2) is 0 Å². The third kappa shape index (κ3) is 2.66. The number of carbonyl (C=O) groups is 1. The highest BCUT2D eigenvalue weighted by molar-refractivity contribution is 9.10. The molecule has 0 aromatic heterocycles. The van der Waals surface area contributed by atoms with Crippen molar-refractivity contribution in [3.8, 4) is 5.75 Å². The van der Waals surface area contributed by atoms with Crippen molar-refractivity contribution < 1.29 is 9.53 Å². The zero-order valence-electron chi connectivity index (χ0n) is 6.71. The van der Waals surface area contributed by atoms with E-state index in [1.54, 1.807) is 19.1 Å². The molecule has 0 N–H and O–H groups in total. The van der Waals surface area contributed by atoms with E-state index in [2.05, 4.69) is 15.9 Å².